The van der Waals surface area contributed by atoms with Crippen molar-refractivity contribution in [2.75, 3.05) is 12.0 Å². The Morgan fingerprint density at radius 2 is 1.46 bits per heavy atom. The zero-order chi connectivity index (χ0) is 25.9. The van der Waals surface area contributed by atoms with E-state index in [4.69, 9.17) is 9.47 Å². The number of rotatable bonds is 6. The lowest BCUT2D eigenvalue weighted by Crippen LogP contribution is -2.17. The van der Waals surface area contributed by atoms with Gasteiger partial charge in [-0.15, -0.1) is 0 Å². The van der Waals surface area contributed by atoms with Gasteiger partial charge in [-0.3, -0.25) is 0 Å². The highest BCUT2D eigenvalue weighted by molar-refractivity contribution is 5.80. The zero-order valence-electron chi connectivity index (χ0n) is 21.9. The summed E-state index contributed by atoms with van der Waals surface area (Å²) < 4.78 is 11.8. The lowest BCUT2D eigenvalue weighted by molar-refractivity contribution is 0.367. The van der Waals surface area contributed by atoms with Crippen molar-refractivity contribution in [3.05, 3.63) is 138 Å². The highest BCUT2D eigenvalue weighted by Crippen LogP contribution is 2.37. The molecule has 0 fully saturated rings. The monoisotopic (exact) mass is 489 g/mol. The Labute approximate surface area is 221 Å². The molecule has 0 spiro atoms. The van der Waals surface area contributed by atoms with Gasteiger partial charge in [-0.2, -0.15) is 0 Å². The molecule has 5 rings (SSSR count). The molecule has 0 bridgehead atoms. The van der Waals surface area contributed by atoms with E-state index in [0.717, 1.165) is 42.1 Å². The number of hydrogen-bond acceptors (Lipinski definition) is 3. The van der Waals surface area contributed by atoms with Crippen LogP contribution in [0, 0.1) is 0 Å². The van der Waals surface area contributed by atoms with E-state index in [1.165, 1.54) is 11.1 Å². The van der Waals surface area contributed by atoms with Gasteiger partial charge in [-0.25, -0.2) is 0 Å². The van der Waals surface area contributed by atoms with Crippen molar-refractivity contribution in [3.8, 4) is 11.5 Å². The lowest BCUT2D eigenvalue weighted by Gasteiger charge is -2.29. The van der Waals surface area contributed by atoms with Gasteiger partial charge in [0.25, 0.3) is 0 Å². The van der Waals surface area contributed by atoms with Gasteiger partial charge in [0.15, 0.2) is 11.5 Å². The van der Waals surface area contributed by atoms with Crippen molar-refractivity contribution in [2.24, 2.45) is 0 Å². The van der Waals surface area contributed by atoms with Crippen LogP contribution in [0.15, 0.2) is 127 Å². The molecule has 0 radical (unpaired) electrons. The summed E-state index contributed by atoms with van der Waals surface area (Å²) >= 11 is 0. The first kappa shape index (κ1) is 25.8. The molecule has 0 saturated carbocycles. The maximum atomic E-state index is 6.32. The average Bonchev–Trinajstić information content (AvgIpc) is 3.17. The minimum absolute atomic E-state index is 0.693. The number of nitrogens with zero attached hydrogens (tertiary/aromatic N) is 1. The van der Waals surface area contributed by atoms with Gasteiger partial charge in [0.2, 0.25) is 0 Å². The fraction of sp³-hybridized carbons (Fsp3) is 0.176. The van der Waals surface area contributed by atoms with Crippen LogP contribution in [0.4, 0.5) is 11.4 Å². The second-order valence-corrected chi connectivity index (χ2v) is 8.40. The van der Waals surface area contributed by atoms with E-state index < -0.39 is 0 Å². The summed E-state index contributed by atoms with van der Waals surface area (Å²) in [6.07, 6.45) is 20.2. The predicted octanol–water partition coefficient (Wildman–Crippen LogP) is 9.18. The number of para-hydroxylation sites is 3. The first-order valence-corrected chi connectivity index (χ1v) is 13.0. The molecular weight excluding hydrogens is 454 g/mol. The van der Waals surface area contributed by atoms with Crippen molar-refractivity contribution >= 4 is 17.5 Å². The van der Waals surface area contributed by atoms with Crippen molar-refractivity contribution in [1.29, 1.82) is 0 Å². The van der Waals surface area contributed by atoms with Gasteiger partial charge < -0.3 is 14.4 Å². The molecule has 0 amide bonds. The van der Waals surface area contributed by atoms with Crippen molar-refractivity contribution in [2.45, 2.75) is 33.1 Å². The van der Waals surface area contributed by atoms with E-state index in [1.54, 1.807) is 7.11 Å². The van der Waals surface area contributed by atoms with Gasteiger partial charge in [-0.05, 0) is 61.2 Å². The number of ether oxygens (including phenoxy) is 2. The molecule has 3 aromatic carbocycles. The maximum absolute atomic E-state index is 6.32. The molecule has 3 aromatic rings. The highest BCUT2D eigenvalue weighted by Gasteiger charge is 2.19. The minimum Gasteiger partial charge on any atom is -0.493 e. The first-order chi connectivity index (χ1) is 18.3. The summed E-state index contributed by atoms with van der Waals surface area (Å²) in [5.41, 5.74) is 5.89. The van der Waals surface area contributed by atoms with Crippen LogP contribution in [0.3, 0.4) is 0 Å². The van der Waals surface area contributed by atoms with Crippen LogP contribution < -0.4 is 14.4 Å². The smallest absolute Gasteiger partial charge is 0.169 e. The average molecular weight is 490 g/mol. The third kappa shape index (κ3) is 6.31. The van der Waals surface area contributed by atoms with Crippen LogP contribution >= 0.6 is 0 Å². The molecule has 2 aliphatic rings. The topological polar surface area (TPSA) is 21.7 Å². The SMILES string of the molecule is CC.COc1ccccc1OC1=CC(N(c2ccccc2)c2cccc3c2/C=C\CC=CC3)=CCC=C1. The van der Waals surface area contributed by atoms with Crippen LogP contribution in [0.1, 0.15) is 37.8 Å². The van der Waals surface area contributed by atoms with E-state index >= 15 is 0 Å². The molecule has 188 valence electrons. The molecule has 0 unspecified atom stereocenters. The molecule has 0 N–H and O–H groups in total. The number of methoxy groups -OCH3 is 1. The molecule has 2 aliphatic carbocycles. The second kappa shape index (κ2) is 13.2. The standard InChI is InChI=1S/C32H29NO2.C2H6/c1-34-31-22-11-12-23-32(31)35-28-19-10-9-18-27(24-28)33(26-16-6-4-7-17-26)30-21-13-15-25-14-5-2-3-8-20-29(25)30;1-2/h2,4-8,10-13,15-24H,3,9,14H2,1H3;1-2H3/b5-2?,20-8-;. The first-order valence-electron chi connectivity index (χ1n) is 13.0. The van der Waals surface area contributed by atoms with Crippen LogP contribution in [0.25, 0.3) is 6.08 Å². The molecular formula is C34H35NO2. The van der Waals surface area contributed by atoms with Crippen molar-refractivity contribution in [3.63, 3.8) is 0 Å². The third-order valence-corrected chi connectivity index (χ3v) is 6.08. The molecule has 3 nitrogen and oxygen atoms in total. The molecule has 0 atom stereocenters. The largest absolute Gasteiger partial charge is 0.493 e. The Hall–Kier alpha value is -4.24. The van der Waals surface area contributed by atoms with Gasteiger partial charge in [-0.1, -0.05) is 92.8 Å². The lowest BCUT2D eigenvalue weighted by atomic mass is 9.98. The highest BCUT2D eigenvalue weighted by atomic mass is 16.5. The summed E-state index contributed by atoms with van der Waals surface area (Å²) in [7, 11) is 1.66. The van der Waals surface area contributed by atoms with E-state index in [0.29, 0.717) is 11.5 Å². The van der Waals surface area contributed by atoms with Crippen LogP contribution in [-0.4, -0.2) is 7.11 Å². The third-order valence-electron chi connectivity index (χ3n) is 6.08. The predicted molar refractivity (Wildman–Crippen MR) is 156 cm³/mol. The quantitative estimate of drug-likeness (QED) is 0.322. The summed E-state index contributed by atoms with van der Waals surface area (Å²) in [6.45, 7) is 4.00. The number of anilines is 2. The summed E-state index contributed by atoms with van der Waals surface area (Å²) in [4.78, 5) is 2.33. The maximum Gasteiger partial charge on any atom is 0.169 e. The summed E-state index contributed by atoms with van der Waals surface area (Å²) in [6, 6.07) is 24.8. The molecule has 0 saturated heterocycles. The summed E-state index contributed by atoms with van der Waals surface area (Å²) in [5.74, 6) is 2.16. The fourth-order valence-corrected chi connectivity index (χ4v) is 4.42. The van der Waals surface area contributed by atoms with Crippen molar-refractivity contribution in [1.82, 2.24) is 0 Å². The Kier molecular flexibility index (Phi) is 9.20. The Balaban J connectivity index is 0.00000156. The molecule has 37 heavy (non-hydrogen) atoms. The van der Waals surface area contributed by atoms with Crippen LogP contribution in [0.2, 0.25) is 0 Å². The normalized spacial score (nSPS) is 14.9. The molecule has 0 aromatic heterocycles. The van der Waals surface area contributed by atoms with Crippen molar-refractivity contribution < 1.29 is 9.47 Å². The number of hydrogen-bond donors (Lipinski definition) is 0. The Morgan fingerprint density at radius 1 is 0.703 bits per heavy atom. The Bertz CT molecular complexity index is 1330. The van der Waals surface area contributed by atoms with Crippen LogP contribution in [0.5, 0.6) is 11.5 Å². The van der Waals surface area contributed by atoms with Gasteiger partial charge in [0.05, 0.1) is 12.8 Å². The minimum atomic E-state index is 0.693. The number of allylic oxidation sites excluding steroid dienone is 7. The van der Waals surface area contributed by atoms with Gasteiger partial charge in [0, 0.05) is 23.0 Å². The molecule has 0 heterocycles. The second-order valence-electron chi connectivity index (χ2n) is 8.40. The molecule has 3 heteroatoms. The van der Waals surface area contributed by atoms with E-state index in [1.807, 2.05) is 44.2 Å². The van der Waals surface area contributed by atoms with Gasteiger partial charge >= 0.3 is 0 Å². The van der Waals surface area contributed by atoms with Gasteiger partial charge in [0.1, 0.15) is 5.76 Å². The number of fused-ring (bicyclic) bond motifs is 1. The Morgan fingerprint density at radius 3 is 2.27 bits per heavy atom. The zero-order valence-corrected chi connectivity index (χ0v) is 21.9. The van der Waals surface area contributed by atoms with E-state index in [9.17, 15) is 0 Å². The fourth-order valence-electron chi connectivity index (χ4n) is 4.42. The van der Waals surface area contributed by atoms with E-state index in [-0.39, 0.29) is 0 Å². The van der Waals surface area contributed by atoms with Crippen LogP contribution in [-0.2, 0) is 6.42 Å². The van der Waals surface area contributed by atoms with E-state index in [2.05, 4.69) is 96.0 Å². The number of benzene rings is 3. The summed E-state index contributed by atoms with van der Waals surface area (Å²) in [5, 5.41) is 0. The molecule has 0 aliphatic heterocycles.